The van der Waals surface area contributed by atoms with Gasteiger partial charge >= 0.3 is 0 Å². The molecule has 3 rings (SSSR count). The van der Waals surface area contributed by atoms with Crippen molar-refractivity contribution >= 4 is 5.91 Å². The summed E-state index contributed by atoms with van der Waals surface area (Å²) in [5, 5.41) is 12.5. The molecule has 0 aliphatic heterocycles. The Labute approximate surface area is 101 Å². The molecule has 1 aromatic rings. The summed E-state index contributed by atoms with van der Waals surface area (Å²) in [6.45, 7) is 0. The smallest absolute Gasteiger partial charge is 0.251 e. The number of hydrogen-bond acceptors (Lipinski definition) is 2. The Morgan fingerprint density at radius 3 is 2.82 bits per heavy atom. The van der Waals surface area contributed by atoms with E-state index in [2.05, 4.69) is 5.32 Å². The van der Waals surface area contributed by atoms with E-state index in [1.165, 1.54) is 25.3 Å². The molecule has 0 aromatic heterocycles. The predicted octanol–water partition coefficient (Wildman–Crippen LogP) is 2.31. The molecule has 0 radical (unpaired) electrons. The average molecular weight is 231 g/mol. The van der Waals surface area contributed by atoms with Gasteiger partial charge in [-0.15, -0.1) is 0 Å². The summed E-state index contributed by atoms with van der Waals surface area (Å²) in [5.74, 6) is 1.60. The number of aromatic hydroxyl groups is 1. The van der Waals surface area contributed by atoms with Crippen LogP contribution in [-0.4, -0.2) is 17.1 Å². The fraction of sp³-hybridized carbons (Fsp3) is 0.500. The van der Waals surface area contributed by atoms with Crippen LogP contribution in [0.2, 0.25) is 0 Å². The maximum atomic E-state index is 12.0. The van der Waals surface area contributed by atoms with Gasteiger partial charge < -0.3 is 10.4 Å². The number of rotatable bonds is 2. The highest BCUT2D eigenvalue weighted by atomic mass is 16.3. The Balaban J connectivity index is 1.68. The molecule has 2 N–H and O–H groups in total. The maximum absolute atomic E-state index is 12.0. The molecule has 3 unspecified atom stereocenters. The van der Waals surface area contributed by atoms with E-state index in [9.17, 15) is 9.90 Å². The molecule has 2 saturated carbocycles. The van der Waals surface area contributed by atoms with Gasteiger partial charge in [-0.25, -0.2) is 0 Å². The van der Waals surface area contributed by atoms with Gasteiger partial charge in [0.25, 0.3) is 5.91 Å². The van der Waals surface area contributed by atoms with Gasteiger partial charge in [0.15, 0.2) is 0 Å². The highest BCUT2D eigenvalue weighted by Gasteiger charge is 2.40. The lowest BCUT2D eigenvalue weighted by molar-refractivity contribution is 0.0922. The van der Waals surface area contributed by atoms with Crippen LogP contribution in [0, 0.1) is 11.8 Å². The standard InChI is InChI=1S/C14H17NO2/c16-12-3-1-2-11(8-12)14(17)15-13-7-9-4-5-10(13)6-9/h1-3,8-10,13,16H,4-7H2,(H,15,17). The molecule has 17 heavy (non-hydrogen) atoms. The molecule has 2 aliphatic carbocycles. The zero-order chi connectivity index (χ0) is 11.8. The van der Waals surface area contributed by atoms with E-state index in [1.54, 1.807) is 18.2 Å². The maximum Gasteiger partial charge on any atom is 0.251 e. The predicted molar refractivity (Wildman–Crippen MR) is 64.8 cm³/mol. The van der Waals surface area contributed by atoms with Crippen LogP contribution in [0.3, 0.4) is 0 Å². The first-order valence-electron chi connectivity index (χ1n) is 6.32. The lowest BCUT2D eigenvalue weighted by Gasteiger charge is -2.22. The second-order valence-corrected chi connectivity index (χ2v) is 5.31. The van der Waals surface area contributed by atoms with Gasteiger partial charge in [0.2, 0.25) is 0 Å². The third-order valence-electron chi connectivity index (χ3n) is 4.16. The van der Waals surface area contributed by atoms with Crippen molar-refractivity contribution in [3.63, 3.8) is 0 Å². The van der Waals surface area contributed by atoms with Crippen molar-refractivity contribution in [1.82, 2.24) is 5.32 Å². The second kappa shape index (κ2) is 4.06. The van der Waals surface area contributed by atoms with E-state index < -0.39 is 0 Å². The van der Waals surface area contributed by atoms with Crippen LogP contribution in [0.15, 0.2) is 24.3 Å². The van der Waals surface area contributed by atoms with E-state index in [1.807, 2.05) is 0 Å². The fourth-order valence-corrected chi connectivity index (χ4v) is 3.32. The molecular weight excluding hydrogens is 214 g/mol. The summed E-state index contributed by atoms with van der Waals surface area (Å²) in [4.78, 5) is 12.0. The van der Waals surface area contributed by atoms with Crippen LogP contribution in [-0.2, 0) is 0 Å². The zero-order valence-electron chi connectivity index (χ0n) is 9.73. The number of benzene rings is 1. The summed E-state index contributed by atoms with van der Waals surface area (Å²) in [6, 6.07) is 6.88. The molecule has 0 saturated heterocycles. The van der Waals surface area contributed by atoms with Crippen molar-refractivity contribution in [1.29, 1.82) is 0 Å². The summed E-state index contributed by atoms with van der Waals surface area (Å²) in [7, 11) is 0. The zero-order valence-corrected chi connectivity index (χ0v) is 9.73. The molecule has 3 nitrogen and oxygen atoms in total. The van der Waals surface area contributed by atoms with Crippen molar-refractivity contribution in [3.05, 3.63) is 29.8 Å². The van der Waals surface area contributed by atoms with Crippen LogP contribution in [0.5, 0.6) is 5.75 Å². The first kappa shape index (κ1) is 10.6. The quantitative estimate of drug-likeness (QED) is 0.820. The second-order valence-electron chi connectivity index (χ2n) is 5.31. The number of phenols is 1. The van der Waals surface area contributed by atoms with Crippen molar-refractivity contribution in [2.45, 2.75) is 31.7 Å². The van der Waals surface area contributed by atoms with Crippen molar-refractivity contribution < 1.29 is 9.90 Å². The summed E-state index contributed by atoms with van der Waals surface area (Å²) in [6.07, 6.45) is 5.01. The van der Waals surface area contributed by atoms with Crippen LogP contribution >= 0.6 is 0 Å². The number of nitrogens with one attached hydrogen (secondary N) is 1. The third-order valence-corrected chi connectivity index (χ3v) is 4.16. The molecular formula is C14H17NO2. The largest absolute Gasteiger partial charge is 0.508 e. The molecule has 2 fully saturated rings. The monoisotopic (exact) mass is 231 g/mol. The Morgan fingerprint density at radius 1 is 1.29 bits per heavy atom. The highest BCUT2D eigenvalue weighted by molar-refractivity contribution is 5.94. The number of carbonyl (C=O) groups is 1. The van der Waals surface area contributed by atoms with Crippen LogP contribution in [0.4, 0.5) is 0 Å². The van der Waals surface area contributed by atoms with E-state index >= 15 is 0 Å². The molecule has 3 atom stereocenters. The van der Waals surface area contributed by atoms with Gasteiger partial charge in [-0.2, -0.15) is 0 Å². The summed E-state index contributed by atoms with van der Waals surface area (Å²) >= 11 is 0. The minimum Gasteiger partial charge on any atom is -0.508 e. The van der Waals surface area contributed by atoms with E-state index in [-0.39, 0.29) is 11.7 Å². The van der Waals surface area contributed by atoms with Gasteiger partial charge in [0.1, 0.15) is 5.75 Å². The molecule has 2 aliphatic rings. The minimum absolute atomic E-state index is 0.0570. The van der Waals surface area contributed by atoms with Gasteiger partial charge in [-0.05, 0) is 49.3 Å². The number of fused-ring (bicyclic) bond motifs is 2. The van der Waals surface area contributed by atoms with E-state index in [0.29, 0.717) is 17.5 Å². The van der Waals surface area contributed by atoms with Gasteiger partial charge in [-0.3, -0.25) is 4.79 Å². The number of carbonyl (C=O) groups excluding carboxylic acids is 1. The molecule has 1 amide bonds. The number of amides is 1. The molecule has 0 heterocycles. The van der Waals surface area contributed by atoms with Gasteiger partial charge in [0.05, 0.1) is 0 Å². The fourth-order valence-electron chi connectivity index (χ4n) is 3.32. The molecule has 2 bridgehead atoms. The molecule has 1 aromatic carbocycles. The normalized spacial score (nSPS) is 30.5. The van der Waals surface area contributed by atoms with Crippen molar-refractivity contribution in [2.24, 2.45) is 11.8 Å². The highest BCUT2D eigenvalue weighted by Crippen LogP contribution is 2.44. The summed E-state index contributed by atoms with van der Waals surface area (Å²) in [5.41, 5.74) is 0.549. The lowest BCUT2D eigenvalue weighted by atomic mass is 9.95. The van der Waals surface area contributed by atoms with Crippen LogP contribution in [0.1, 0.15) is 36.0 Å². The first-order chi connectivity index (χ1) is 8.22. The van der Waals surface area contributed by atoms with Crippen molar-refractivity contribution in [2.75, 3.05) is 0 Å². The minimum atomic E-state index is -0.0570. The van der Waals surface area contributed by atoms with Crippen molar-refractivity contribution in [3.8, 4) is 5.75 Å². The SMILES string of the molecule is O=C(NC1CC2CCC1C2)c1cccc(O)c1. The molecule has 90 valence electrons. The molecule has 0 spiro atoms. The van der Waals surface area contributed by atoms with Gasteiger partial charge in [-0.1, -0.05) is 12.5 Å². The Bertz CT molecular complexity index is 444. The first-order valence-corrected chi connectivity index (χ1v) is 6.32. The Kier molecular flexibility index (Phi) is 2.54. The van der Waals surface area contributed by atoms with E-state index in [4.69, 9.17) is 0 Å². The van der Waals surface area contributed by atoms with Gasteiger partial charge in [0, 0.05) is 11.6 Å². The topological polar surface area (TPSA) is 49.3 Å². The summed E-state index contributed by atoms with van der Waals surface area (Å²) < 4.78 is 0. The number of phenolic OH excluding ortho intramolecular Hbond substituents is 1. The van der Waals surface area contributed by atoms with Crippen LogP contribution in [0.25, 0.3) is 0 Å². The number of hydrogen-bond donors (Lipinski definition) is 2. The Morgan fingerprint density at radius 2 is 2.18 bits per heavy atom. The Hall–Kier alpha value is -1.51. The van der Waals surface area contributed by atoms with Crippen LogP contribution < -0.4 is 5.32 Å². The average Bonchev–Trinajstić information content (AvgIpc) is 2.91. The molecule has 3 heteroatoms. The lowest BCUT2D eigenvalue weighted by Crippen LogP contribution is -2.38. The van der Waals surface area contributed by atoms with E-state index in [0.717, 1.165) is 12.3 Å². The third kappa shape index (κ3) is 2.02.